The van der Waals surface area contributed by atoms with Gasteiger partial charge in [0.05, 0.1) is 12.7 Å². The van der Waals surface area contributed by atoms with Gasteiger partial charge in [0.25, 0.3) is 0 Å². The standard InChI is InChI=1S/C16H17FO2/c1-12-4-2-7-15(10-12)19-9-8-16(18)13-5-3-6-14(17)11-13/h2-7,10-11,16,18H,8-9H2,1H3. The monoisotopic (exact) mass is 260 g/mol. The molecule has 19 heavy (non-hydrogen) atoms. The largest absolute Gasteiger partial charge is 0.493 e. The Morgan fingerprint density at radius 2 is 1.95 bits per heavy atom. The zero-order chi connectivity index (χ0) is 13.7. The molecule has 2 nitrogen and oxygen atoms in total. The van der Waals surface area contributed by atoms with Crippen LogP contribution in [-0.2, 0) is 0 Å². The van der Waals surface area contributed by atoms with E-state index in [1.807, 2.05) is 31.2 Å². The zero-order valence-corrected chi connectivity index (χ0v) is 10.8. The normalized spacial score (nSPS) is 12.2. The Bertz CT molecular complexity index is 540. The van der Waals surface area contributed by atoms with Crippen LogP contribution in [0.1, 0.15) is 23.7 Å². The van der Waals surface area contributed by atoms with Crippen molar-refractivity contribution in [3.05, 3.63) is 65.5 Å². The van der Waals surface area contributed by atoms with Gasteiger partial charge in [0.1, 0.15) is 11.6 Å². The maximum Gasteiger partial charge on any atom is 0.123 e. The molecule has 2 aromatic carbocycles. The summed E-state index contributed by atoms with van der Waals surface area (Å²) >= 11 is 0. The third-order valence-electron chi connectivity index (χ3n) is 2.88. The number of hydrogen-bond acceptors (Lipinski definition) is 2. The van der Waals surface area contributed by atoms with Crippen LogP contribution < -0.4 is 4.74 Å². The lowest BCUT2D eigenvalue weighted by atomic mass is 10.1. The van der Waals surface area contributed by atoms with E-state index in [-0.39, 0.29) is 5.82 Å². The van der Waals surface area contributed by atoms with E-state index in [9.17, 15) is 9.50 Å². The van der Waals surface area contributed by atoms with Crippen molar-refractivity contribution in [1.82, 2.24) is 0 Å². The highest BCUT2D eigenvalue weighted by Crippen LogP contribution is 2.19. The van der Waals surface area contributed by atoms with E-state index in [1.54, 1.807) is 12.1 Å². The van der Waals surface area contributed by atoms with Crippen LogP contribution in [0.4, 0.5) is 4.39 Å². The van der Waals surface area contributed by atoms with Gasteiger partial charge in [0.15, 0.2) is 0 Å². The van der Waals surface area contributed by atoms with Gasteiger partial charge in [0.2, 0.25) is 0 Å². The summed E-state index contributed by atoms with van der Waals surface area (Å²) in [6.07, 6.45) is -0.280. The summed E-state index contributed by atoms with van der Waals surface area (Å²) in [6, 6.07) is 13.7. The smallest absolute Gasteiger partial charge is 0.123 e. The van der Waals surface area contributed by atoms with Crippen LogP contribution in [0, 0.1) is 12.7 Å². The van der Waals surface area contributed by atoms with E-state index in [0.29, 0.717) is 18.6 Å². The highest BCUT2D eigenvalue weighted by atomic mass is 19.1. The molecule has 1 unspecified atom stereocenters. The maximum absolute atomic E-state index is 13.0. The van der Waals surface area contributed by atoms with Crippen LogP contribution in [0.25, 0.3) is 0 Å². The minimum atomic E-state index is -0.708. The molecule has 0 amide bonds. The van der Waals surface area contributed by atoms with Gasteiger partial charge >= 0.3 is 0 Å². The highest BCUT2D eigenvalue weighted by Gasteiger charge is 2.08. The summed E-state index contributed by atoms with van der Waals surface area (Å²) in [4.78, 5) is 0. The Labute approximate surface area is 112 Å². The van der Waals surface area contributed by atoms with Crippen molar-refractivity contribution in [3.63, 3.8) is 0 Å². The summed E-state index contributed by atoms with van der Waals surface area (Å²) in [7, 11) is 0. The predicted octanol–water partition coefficient (Wildman–Crippen LogP) is 3.64. The van der Waals surface area contributed by atoms with Gasteiger partial charge in [-0.2, -0.15) is 0 Å². The molecule has 0 aliphatic carbocycles. The van der Waals surface area contributed by atoms with Gasteiger partial charge < -0.3 is 9.84 Å². The lowest BCUT2D eigenvalue weighted by Crippen LogP contribution is -2.05. The molecule has 0 saturated carbocycles. The Hall–Kier alpha value is -1.87. The van der Waals surface area contributed by atoms with Crippen LogP contribution in [0.5, 0.6) is 5.75 Å². The van der Waals surface area contributed by atoms with Crippen LogP contribution in [0.15, 0.2) is 48.5 Å². The van der Waals surface area contributed by atoms with Crippen LogP contribution in [-0.4, -0.2) is 11.7 Å². The van der Waals surface area contributed by atoms with E-state index in [0.717, 1.165) is 11.3 Å². The maximum atomic E-state index is 13.0. The number of hydrogen-bond donors (Lipinski definition) is 1. The molecular weight excluding hydrogens is 243 g/mol. The number of halogens is 1. The van der Waals surface area contributed by atoms with Crippen molar-refractivity contribution < 1.29 is 14.2 Å². The molecule has 0 spiro atoms. The summed E-state index contributed by atoms with van der Waals surface area (Å²) in [5.74, 6) is 0.447. The summed E-state index contributed by atoms with van der Waals surface area (Å²) in [5.41, 5.74) is 1.70. The first-order valence-electron chi connectivity index (χ1n) is 6.28. The third kappa shape index (κ3) is 4.07. The van der Waals surface area contributed by atoms with Crippen molar-refractivity contribution >= 4 is 0 Å². The van der Waals surface area contributed by atoms with E-state index in [1.165, 1.54) is 12.1 Å². The van der Waals surface area contributed by atoms with Crippen molar-refractivity contribution in [3.8, 4) is 5.75 Å². The van der Waals surface area contributed by atoms with Gasteiger partial charge in [0, 0.05) is 6.42 Å². The van der Waals surface area contributed by atoms with Crippen molar-refractivity contribution in [2.75, 3.05) is 6.61 Å². The number of benzene rings is 2. The Balaban J connectivity index is 1.85. The number of rotatable bonds is 5. The quantitative estimate of drug-likeness (QED) is 0.889. The second-order valence-electron chi connectivity index (χ2n) is 4.52. The molecule has 1 N–H and O–H groups in total. The Morgan fingerprint density at radius 1 is 1.16 bits per heavy atom. The minimum Gasteiger partial charge on any atom is -0.493 e. The van der Waals surface area contributed by atoms with Gasteiger partial charge in [-0.3, -0.25) is 0 Å². The molecule has 0 saturated heterocycles. The number of aliphatic hydroxyl groups is 1. The van der Waals surface area contributed by atoms with E-state index in [4.69, 9.17) is 4.74 Å². The minimum absolute atomic E-state index is 0.337. The second kappa shape index (κ2) is 6.34. The number of ether oxygens (including phenoxy) is 1. The fourth-order valence-corrected chi connectivity index (χ4v) is 1.87. The van der Waals surface area contributed by atoms with Gasteiger partial charge in [-0.15, -0.1) is 0 Å². The lowest BCUT2D eigenvalue weighted by Gasteiger charge is -2.12. The summed E-state index contributed by atoms with van der Waals surface area (Å²) in [6.45, 7) is 2.38. The molecule has 0 heterocycles. The van der Waals surface area contributed by atoms with Crippen molar-refractivity contribution in [2.45, 2.75) is 19.4 Å². The second-order valence-corrected chi connectivity index (χ2v) is 4.52. The topological polar surface area (TPSA) is 29.5 Å². The van der Waals surface area contributed by atoms with Crippen molar-refractivity contribution in [2.24, 2.45) is 0 Å². The molecule has 3 heteroatoms. The molecule has 0 radical (unpaired) electrons. The first-order chi connectivity index (χ1) is 9.15. The zero-order valence-electron chi connectivity index (χ0n) is 10.8. The molecule has 100 valence electrons. The molecular formula is C16H17FO2. The predicted molar refractivity (Wildman–Crippen MR) is 72.7 cm³/mol. The molecule has 0 aliphatic heterocycles. The summed E-state index contributed by atoms with van der Waals surface area (Å²) < 4.78 is 18.6. The number of aliphatic hydroxyl groups excluding tert-OH is 1. The molecule has 2 rings (SSSR count). The van der Waals surface area contributed by atoms with Gasteiger partial charge in [-0.05, 0) is 42.3 Å². The Morgan fingerprint density at radius 3 is 2.68 bits per heavy atom. The molecule has 0 bridgehead atoms. The molecule has 2 aromatic rings. The third-order valence-corrected chi connectivity index (χ3v) is 2.88. The molecule has 0 aromatic heterocycles. The Kier molecular flexibility index (Phi) is 4.53. The first-order valence-corrected chi connectivity index (χ1v) is 6.28. The average Bonchev–Trinajstić information content (AvgIpc) is 2.38. The van der Waals surface area contributed by atoms with Crippen LogP contribution >= 0.6 is 0 Å². The fraction of sp³-hybridized carbons (Fsp3) is 0.250. The van der Waals surface area contributed by atoms with Crippen LogP contribution in [0.3, 0.4) is 0 Å². The van der Waals surface area contributed by atoms with E-state index >= 15 is 0 Å². The fourth-order valence-electron chi connectivity index (χ4n) is 1.87. The SMILES string of the molecule is Cc1cccc(OCCC(O)c2cccc(F)c2)c1. The molecule has 0 aliphatic rings. The molecule has 0 fully saturated rings. The summed E-state index contributed by atoms with van der Waals surface area (Å²) in [5, 5.41) is 9.93. The van der Waals surface area contributed by atoms with Crippen LogP contribution in [0.2, 0.25) is 0 Å². The lowest BCUT2D eigenvalue weighted by molar-refractivity contribution is 0.140. The van der Waals surface area contributed by atoms with Gasteiger partial charge in [-0.1, -0.05) is 24.3 Å². The average molecular weight is 260 g/mol. The number of aryl methyl sites for hydroxylation is 1. The van der Waals surface area contributed by atoms with Gasteiger partial charge in [-0.25, -0.2) is 4.39 Å². The first kappa shape index (κ1) is 13.6. The highest BCUT2D eigenvalue weighted by molar-refractivity contribution is 5.27. The van der Waals surface area contributed by atoms with Crippen molar-refractivity contribution in [1.29, 1.82) is 0 Å². The van der Waals surface area contributed by atoms with E-state index in [2.05, 4.69) is 0 Å². The molecule has 1 atom stereocenters. The van der Waals surface area contributed by atoms with E-state index < -0.39 is 6.10 Å².